The summed E-state index contributed by atoms with van der Waals surface area (Å²) in [6.07, 6.45) is 6.41. The van der Waals surface area contributed by atoms with E-state index in [1.54, 1.807) is 6.33 Å². The number of aromatic nitrogens is 2. The van der Waals surface area contributed by atoms with Crippen LogP contribution in [0.5, 0.6) is 0 Å². The van der Waals surface area contributed by atoms with E-state index in [1.165, 1.54) is 12.8 Å². The monoisotopic (exact) mass is 362 g/mol. The summed E-state index contributed by atoms with van der Waals surface area (Å²) in [5.41, 5.74) is 1.88. The number of anilines is 3. The third-order valence-corrected chi connectivity index (χ3v) is 5.50. The molecule has 2 aliphatic rings. The number of nitriles is 1. The van der Waals surface area contributed by atoms with Gasteiger partial charge in [-0.25, -0.2) is 9.97 Å². The van der Waals surface area contributed by atoms with Crippen molar-refractivity contribution in [2.45, 2.75) is 37.8 Å². The molecular weight excluding hydrogens is 336 g/mol. The van der Waals surface area contributed by atoms with Crippen molar-refractivity contribution in [3.8, 4) is 6.07 Å². The Bertz CT molecular complexity index is 831. The van der Waals surface area contributed by atoms with Crippen molar-refractivity contribution in [3.63, 3.8) is 0 Å². The summed E-state index contributed by atoms with van der Waals surface area (Å²) in [4.78, 5) is 15.9. The highest BCUT2D eigenvalue weighted by Gasteiger charge is 2.36. The fourth-order valence-electron chi connectivity index (χ4n) is 3.92. The van der Waals surface area contributed by atoms with Gasteiger partial charge in [0.15, 0.2) is 0 Å². The van der Waals surface area contributed by atoms with Crippen LogP contribution in [-0.4, -0.2) is 49.2 Å². The predicted octanol–water partition coefficient (Wildman–Crippen LogP) is 3.05. The molecule has 1 aromatic heterocycles. The van der Waals surface area contributed by atoms with Crippen LogP contribution in [0.15, 0.2) is 36.7 Å². The fourth-order valence-corrected chi connectivity index (χ4v) is 3.92. The normalized spacial score (nSPS) is 17.4. The molecule has 2 aromatic rings. The van der Waals surface area contributed by atoms with Crippen molar-refractivity contribution < 1.29 is 0 Å². The van der Waals surface area contributed by atoms with E-state index in [0.29, 0.717) is 12.1 Å². The number of benzene rings is 1. The molecule has 2 heterocycles. The topological polar surface area (TPSA) is 59.3 Å². The van der Waals surface area contributed by atoms with Crippen LogP contribution in [0.4, 0.5) is 17.3 Å². The molecule has 1 aromatic carbocycles. The molecule has 1 saturated carbocycles. The van der Waals surface area contributed by atoms with Crippen LogP contribution in [0, 0.1) is 11.3 Å². The van der Waals surface area contributed by atoms with Gasteiger partial charge in [0.1, 0.15) is 18.0 Å². The number of piperidine rings is 1. The van der Waals surface area contributed by atoms with Crippen LogP contribution in [0.3, 0.4) is 0 Å². The smallest absolute Gasteiger partial charge is 0.134 e. The van der Waals surface area contributed by atoms with E-state index in [9.17, 15) is 0 Å². The zero-order valence-electron chi connectivity index (χ0n) is 16.0. The Labute approximate surface area is 161 Å². The van der Waals surface area contributed by atoms with Crippen LogP contribution in [0.1, 0.15) is 31.2 Å². The summed E-state index contributed by atoms with van der Waals surface area (Å²) in [5.74, 6) is 2.01. The Morgan fingerprint density at radius 1 is 1.00 bits per heavy atom. The summed E-state index contributed by atoms with van der Waals surface area (Å²) < 4.78 is 0. The zero-order chi connectivity index (χ0) is 18.8. The van der Waals surface area contributed by atoms with Crippen LogP contribution in [-0.2, 0) is 0 Å². The average molecular weight is 362 g/mol. The predicted molar refractivity (Wildman–Crippen MR) is 108 cm³/mol. The second-order valence-electron chi connectivity index (χ2n) is 7.65. The van der Waals surface area contributed by atoms with Gasteiger partial charge in [0, 0.05) is 51.0 Å². The van der Waals surface area contributed by atoms with Gasteiger partial charge in [0.05, 0.1) is 11.6 Å². The maximum Gasteiger partial charge on any atom is 0.134 e. The molecular formula is C21H26N6. The molecule has 27 heavy (non-hydrogen) atoms. The van der Waals surface area contributed by atoms with E-state index in [1.807, 2.05) is 37.2 Å². The summed E-state index contributed by atoms with van der Waals surface area (Å²) in [6.45, 7) is 2.02. The molecule has 4 rings (SSSR count). The van der Waals surface area contributed by atoms with Crippen molar-refractivity contribution >= 4 is 17.3 Å². The molecule has 6 heteroatoms. The van der Waals surface area contributed by atoms with E-state index in [-0.39, 0.29) is 0 Å². The van der Waals surface area contributed by atoms with E-state index in [4.69, 9.17) is 5.26 Å². The molecule has 0 spiro atoms. The van der Waals surface area contributed by atoms with Gasteiger partial charge in [-0.05, 0) is 43.9 Å². The van der Waals surface area contributed by atoms with E-state index >= 15 is 0 Å². The first-order valence-corrected chi connectivity index (χ1v) is 9.68. The molecule has 1 aliphatic carbocycles. The zero-order valence-corrected chi connectivity index (χ0v) is 16.0. The lowest BCUT2D eigenvalue weighted by molar-refractivity contribution is 0.459. The van der Waals surface area contributed by atoms with Crippen molar-refractivity contribution in [2.75, 3.05) is 41.9 Å². The lowest BCUT2D eigenvalue weighted by Gasteiger charge is -2.40. The second-order valence-corrected chi connectivity index (χ2v) is 7.65. The molecule has 6 nitrogen and oxygen atoms in total. The number of nitrogens with zero attached hydrogens (tertiary/aromatic N) is 6. The van der Waals surface area contributed by atoms with Crippen molar-refractivity contribution in [2.24, 2.45) is 0 Å². The molecule has 0 radical (unpaired) electrons. The standard InChI is InChI=1S/C21H26N6/c1-25(2)20-13-21(24-15-23-20)27(17-6-7-17)18-8-10-26(11-9-18)19-5-3-4-16(12-19)14-22/h3-5,12-13,15,17-18H,6-11H2,1-2H3. The minimum Gasteiger partial charge on any atom is -0.371 e. The summed E-state index contributed by atoms with van der Waals surface area (Å²) in [7, 11) is 4.03. The first-order chi connectivity index (χ1) is 13.2. The van der Waals surface area contributed by atoms with Gasteiger partial charge in [-0.3, -0.25) is 0 Å². The molecule has 0 bridgehead atoms. The Balaban J connectivity index is 1.48. The van der Waals surface area contributed by atoms with Crippen LogP contribution >= 0.6 is 0 Å². The van der Waals surface area contributed by atoms with E-state index in [0.717, 1.165) is 48.8 Å². The quantitative estimate of drug-likeness (QED) is 0.815. The van der Waals surface area contributed by atoms with Gasteiger partial charge < -0.3 is 14.7 Å². The Morgan fingerprint density at radius 2 is 1.70 bits per heavy atom. The molecule has 0 N–H and O–H groups in total. The Kier molecular flexibility index (Phi) is 4.85. The Morgan fingerprint density at radius 3 is 2.37 bits per heavy atom. The largest absolute Gasteiger partial charge is 0.371 e. The molecule has 0 unspecified atom stereocenters. The fraction of sp³-hybridized carbons (Fsp3) is 0.476. The minimum absolute atomic E-state index is 0.512. The van der Waals surface area contributed by atoms with E-state index < -0.39 is 0 Å². The highest BCUT2D eigenvalue weighted by atomic mass is 15.3. The van der Waals surface area contributed by atoms with Crippen LogP contribution < -0.4 is 14.7 Å². The van der Waals surface area contributed by atoms with Gasteiger partial charge in [0.2, 0.25) is 0 Å². The molecule has 2 fully saturated rings. The van der Waals surface area contributed by atoms with Crippen molar-refractivity contribution in [1.82, 2.24) is 9.97 Å². The van der Waals surface area contributed by atoms with Crippen molar-refractivity contribution in [1.29, 1.82) is 5.26 Å². The first-order valence-electron chi connectivity index (χ1n) is 9.68. The minimum atomic E-state index is 0.512. The maximum absolute atomic E-state index is 9.14. The number of rotatable bonds is 5. The average Bonchev–Trinajstić information content (AvgIpc) is 3.54. The molecule has 1 saturated heterocycles. The lowest BCUT2D eigenvalue weighted by atomic mass is 10.0. The molecule has 0 atom stereocenters. The molecule has 0 amide bonds. The third-order valence-electron chi connectivity index (χ3n) is 5.50. The second kappa shape index (κ2) is 7.43. The summed E-state index contributed by atoms with van der Waals surface area (Å²) in [6, 6.07) is 13.4. The maximum atomic E-state index is 9.14. The van der Waals surface area contributed by atoms with Gasteiger partial charge >= 0.3 is 0 Å². The molecule has 140 valence electrons. The highest BCUT2D eigenvalue weighted by Crippen LogP contribution is 2.36. The van der Waals surface area contributed by atoms with E-state index in [2.05, 4.69) is 38.0 Å². The molecule has 1 aliphatic heterocycles. The highest BCUT2D eigenvalue weighted by molar-refractivity contribution is 5.54. The Hall–Kier alpha value is -2.81. The van der Waals surface area contributed by atoms with Crippen molar-refractivity contribution in [3.05, 3.63) is 42.2 Å². The lowest BCUT2D eigenvalue weighted by Crippen LogP contribution is -2.46. The van der Waals surface area contributed by atoms with Crippen LogP contribution in [0.2, 0.25) is 0 Å². The first kappa shape index (κ1) is 17.6. The number of hydrogen-bond donors (Lipinski definition) is 0. The van der Waals surface area contributed by atoms with Gasteiger partial charge in [-0.1, -0.05) is 6.07 Å². The summed E-state index contributed by atoms with van der Waals surface area (Å²) in [5, 5.41) is 9.14. The van der Waals surface area contributed by atoms with Gasteiger partial charge in [-0.15, -0.1) is 0 Å². The van der Waals surface area contributed by atoms with Gasteiger partial charge in [0.25, 0.3) is 0 Å². The third kappa shape index (κ3) is 3.82. The number of hydrogen-bond acceptors (Lipinski definition) is 6. The SMILES string of the molecule is CN(C)c1cc(N(C2CC2)C2CCN(c3cccc(C#N)c3)CC2)ncn1. The van der Waals surface area contributed by atoms with Crippen LogP contribution in [0.25, 0.3) is 0 Å². The summed E-state index contributed by atoms with van der Waals surface area (Å²) >= 11 is 0. The van der Waals surface area contributed by atoms with Gasteiger partial charge in [-0.2, -0.15) is 5.26 Å².